The molecule has 0 radical (unpaired) electrons. The van der Waals surface area contributed by atoms with Gasteiger partial charge in [0, 0.05) is 44.2 Å². The molecule has 0 bridgehead atoms. The molecular weight excluding hydrogens is 729 g/mol. The monoisotopic (exact) mass is 782 g/mol. The summed E-state index contributed by atoms with van der Waals surface area (Å²) < 4.78 is 7.33. The van der Waals surface area contributed by atoms with Crippen LogP contribution in [0.4, 0.5) is 10.6 Å². The van der Waals surface area contributed by atoms with Crippen LogP contribution in [0.3, 0.4) is 0 Å². The van der Waals surface area contributed by atoms with Gasteiger partial charge >= 0.3 is 6.03 Å². The van der Waals surface area contributed by atoms with Crippen LogP contribution in [0.5, 0.6) is 0 Å². The molecule has 3 aliphatic rings. The van der Waals surface area contributed by atoms with E-state index in [2.05, 4.69) is 70.7 Å². The molecule has 16 nitrogen and oxygen atoms in total. The summed E-state index contributed by atoms with van der Waals surface area (Å²) in [4.78, 5) is 55.5. The van der Waals surface area contributed by atoms with Crippen molar-refractivity contribution in [3.63, 3.8) is 0 Å². The quantitative estimate of drug-likeness (QED) is 0.0990. The lowest BCUT2D eigenvalue weighted by Gasteiger charge is -2.30. The van der Waals surface area contributed by atoms with E-state index in [0.29, 0.717) is 56.7 Å². The number of ether oxygens (including phenoxy) is 1. The number of piperidine rings is 1. The predicted octanol–water partition coefficient (Wildman–Crippen LogP) is 2.65. The Morgan fingerprint density at radius 2 is 1.49 bits per heavy atom. The minimum absolute atomic E-state index is 0.00416. The molecule has 2 aromatic carbocycles. The Hall–Kier alpha value is -5.16. The predicted molar refractivity (Wildman–Crippen MR) is 213 cm³/mol. The van der Waals surface area contributed by atoms with Crippen molar-refractivity contribution in [2.45, 2.75) is 94.4 Å². The van der Waals surface area contributed by atoms with Crippen molar-refractivity contribution < 1.29 is 29.3 Å². The SMILES string of the molecule is CCNC(=O)[C@H]1O[C@@H](n2cnc3c(NCC(c4ccccc4)c4ccccc4)nc(C(=O)NC4CCC(NC(=O)NCCN5CCCCC5)CC4)nc32)[C@H](O)[C@@H]1O. The van der Waals surface area contributed by atoms with Crippen molar-refractivity contribution >= 4 is 34.8 Å². The number of fused-ring (bicyclic) bond motifs is 1. The van der Waals surface area contributed by atoms with Gasteiger partial charge < -0.3 is 46.4 Å². The number of hydrogen-bond acceptors (Lipinski definition) is 11. The molecule has 4 atom stereocenters. The summed E-state index contributed by atoms with van der Waals surface area (Å²) in [5.41, 5.74) is 2.66. The van der Waals surface area contributed by atoms with Crippen LogP contribution in [0, 0.1) is 0 Å². The number of aliphatic hydroxyl groups is 2. The fraction of sp³-hybridized carbons (Fsp3) is 0.512. The van der Waals surface area contributed by atoms with Crippen LogP contribution in [-0.2, 0) is 9.53 Å². The highest BCUT2D eigenvalue weighted by Crippen LogP contribution is 2.33. The Morgan fingerprint density at radius 1 is 0.842 bits per heavy atom. The van der Waals surface area contributed by atoms with Crippen molar-refractivity contribution in [3.8, 4) is 0 Å². The first-order valence-corrected chi connectivity index (χ1v) is 20.2. The number of nitrogens with zero attached hydrogens (tertiary/aromatic N) is 5. The van der Waals surface area contributed by atoms with E-state index in [1.54, 1.807) is 6.92 Å². The van der Waals surface area contributed by atoms with E-state index in [1.807, 2.05) is 36.4 Å². The molecule has 4 heterocycles. The van der Waals surface area contributed by atoms with Gasteiger partial charge in [0.25, 0.3) is 11.8 Å². The molecular formula is C41H54N10O6. The van der Waals surface area contributed by atoms with E-state index in [1.165, 1.54) is 30.2 Å². The molecule has 1 aliphatic carbocycles. The first-order chi connectivity index (χ1) is 27.8. The number of carbonyl (C=O) groups is 3. The van der Waals surface area contributed by atoms with Crippen molar-refractivity contribution in [1.82, 2.24) is 45.7 Å². The number of nitrogens with one attached hydrogen (secondary N) is 5. The van der Waals surface area contributed by atoms with Gasteiger partial charge in [-0.2, -0.15) is 0 Å². The number of benzene rings is 2. The first kappa shape index (κ1) is 40.1. The van der Waals surface area contributed by atoms with Crippen LogP contribution in [-0.4, -0.2) is 122 Å². The number of likely N-dealkylation sites (tertiary alicyclic amines) is 1. The molecule has 0 spiro atoms. The number of imidazole rings is 1. The van der Waals surface area contributed by atoms with E-state index >= 15 is 0 Å². The number of hydrogen-bond donors (Lipinski definition) is 7. The molecule has 7 rings (SSSR count). The topological polar surface area (TPSA) is 208 Å². The van der Waals surface area contributed by atoms with Crippen LogP contribution in [0.2, 0.25) is 0 Å². The largest absolute Gasteiger partial charge is 0.387 e. The molecule has 16 heteroatoms. The van der Waals surface area contributed by atoms with Gasteiger partial charge in [-0.15, -0.1) is 0 Å². The van der Waals surface area contributed by atoms with E-state index < -0.39 is 36.4 Å². The van der Waals surface area contributed by atoms with E-state index in [9.17, 15) is 24.6 Å². The number of likely N-dealkylation sites (N-methyl/N-ethyl adjacent to an activating group) is 1. The lowest BCUT2D eigenvalue weighted by atomic mass is 9.91. The normalized spacial score (nSPS) is 23.9. The molecule has 57 heavy (non-hydrogen) atoms. The van der Waals surface area contributed by atoms with E-state index in [0.717, 1.165) is 30.8 Å². The summed E-state index contributed by atoms with van der Waals surface area (Å²) in [5, 5.41) is 37.1. The molecule has 4 amide bonds. The third-order valence-corrected chi connectivity index (χ3v) is 11.2. The summed E-state index contributed by atoms with van der Waals surface area (Å²) in [6.45, 7) is 6.10. The molecule has 3 fully saturated rings. The number of aliphatic hydroxyl groups excluding tert-OH is 2. The molecule has 2 aliphatic heterocycles. The molecule has 7 N–H and O–H groups in total. The second-order valence-corrected chi connectivity index (χ2v) is 15.1. The van der Waals surface area contributed by atoms with E-state index in [4.69, 9.17) is 4.74 Å². The zero-order valence-corrected chi connectivity index (χ0v) is 32.3. The second-order valence-electron chi connectivity index (χ2n) is 15.1. The minimum atomic E-state index is -1.51. The minimum Gasteiger partial charge on any atom is -0.387 e. The average molecular weight is 783 g/mol. The fourth-order valence-corrected chi connectivity index (χ4v) is 8.08. The van der Waals surface area contributed by atoms with Crippen LogP contribution in [0.1, 0.15) is 85.8 Å². The maximum atomic E-state index is 13.9. The molecule has 4 aromatic rings. The second kappa shape index (κ2) is 18.9. The van der Waals surface area contributed by atoms with Crippen molar-refractivity contribution in [2.75, 3.05) is 44.6 Å². The Balaban J connectivity index is 1.07. The highest BCUT2D eigenvalue weighted by Gasteiger charge is 2.47. The number of carbonyl (C=O) groups excluding carboxylic acids is 3. The van der Waals surface area contributed by atoms with Gasteiger partial charge in [0.15, 0.2) is 29.3 Å². The summed E-state index contributed by atoms with van der Waals surface area (Å²) in [6.07, 6.45) is 2.30. The van der Waals surface area contributed by atoms with Gasteiger partial charge in [-0.05, 0) is 69.7 Å². The van der Waals surface area contributed by atoms with Crippen LogP contribution < -0.4 is 26.6 Å². The van der Waals surface area contributed by atoms with Crippen LogP contribution >= 0.6 is 0 Å². The smallest absolute Gasteiger partial charge is 0.315 e. The Morgan fingerprint density at radius 3 is 2.14 bits per heavy atom. The highest BCUT2D eigenvalue weighted by atomic mass is 16.6. The lowest BCUT2D eigenvalue weighted by Crippen LogP contribution is -2.48. The van der Waals surface area contributed by atoms with Crippen molar-refractivity contribution in [3.05, 3.63) is 83.9 Å². The Bertz CT molecular complexity index is 1910. The third-order valence-electron chi connectivity index (χ3n) is 11.2. The maximum Gasteiger partial charge on any atom is 0.315 e. The Labute approximate surface area is 332 Å². The van der Waals surface area contributed by atoms with Gasteiger partial charge in [0.1, 0.15) is 12.2 Å². The van der Waals surface area contributed by atoms with Gasteiger partial charge in [-0.1, -0.05) is 67.1 Å². The third kappa shape index (κ3) is 9.70. The molecule has 304 valence electrons. The van der Waals surface area contributed by atoms with Crippen LogP contribution in [0.15, 0.2) is 67.0 Å². The first-order valence-electron chi connectivity index (χ1n) is 20.2. The molecule has 2 aromatic heterocycles. The molecule has 1 saturated carbocycles. The number of urea groups is 1. The summed E-state index contributed by atoms with van der Waals surface area (Å²) in [7, 11) is 0. The van der Waals surface area contributed by atoms with Gasteiger partial charge in [0.2, 0.25) is 5.82 Å². The number of anilines is 1. The molecule has 0 unspecified atom stereocenters. The zero-order chi connectivity index (χ0) is 39.7. The fourth-order valence-electron chi connectivity index (χ4n) is 8.08. The maximum absolute atomic E-state index is 13.9. The Kier molecular flexibility index (Phi) is 13.2. The van der Waals surface area contributed by atoms with Crippen molar-refractivity contribution in [2.24, 2.45) is 0 Å². The van der Waals surface area contributed by atoms with E-state index in [-0.39, 0.29) is 35.5 Å². The lowest BCUT2D eigenvalue weighted by molar-refractivity contribution is -0.137. The zero-order valence-electron chi connectivity index (χ0n) is 32.3. The van der Waals surface area contributed by atoms with Crippen molar-refractivity contribution in [1.29, 1.82) is 0 Å². The standard InChI is InChI=1S/C41H54N10O6/c1-2-42-38(54)34-32(52)33(53)40(57-34)51-25-45-31-35(44-24-30(26-12-6-3-7-13-26)27-14-8-4-9-15-27)48-36(49-37(31)51)39(55)46-28-16-18-29(19-17-28)47-41(56)43-20-23-50-21-10-5-11-22-50/h3-4,6-9,12-15,25,28-30,32-34,40,52-53H,2,5,10-11,16-24H2,1H3,(H,42,54)(H,46,55)(H2,43,47,56)(H,44,48,49)/t28?,29?,32-,33+,34-,40+/m0/s1. The summed E-state index contributed by atoms with van der Waals surface area (Å²) in [5.74, 6) is -0.947. The summed E-state index contributed by atoms with van der Waals surface area (Å²) >= 11 is 0. The number of rotatable bonds is 14. The highest BCUT2D eigenvalue weighted by molar-refractivity contribution is 5.94. The number of amides is 4. The van der Waals surface area contributed by atoms with Gasteiger partial charge in [-0.25, -0.2) is 19.7 Å². The van der Waals surface area contributed by atoms with Crippen LogP contribution in [0.25, 0.3) is 11.2 Å². The van der Waals surface area contributed by atoms with Gasteiger partial charge in [-0.3, -0.25) is 14.2 Å². The van der Waals surface area contributed by atoms with Gasteiger partial charge in [0.05, 0.1) is 6.33 Å². The molecule has 2 saturated heterocycles. The number of aromatic nitrogens is 4. The average Bonchev–Trinajstić information content (AvgIpc) is 3.79. The summed E-state index contributed by atoms with van der Waals surface area (Å²) in [6, 6.07) is 19.8.